The van der Waals surface area contributed by atoms with Gasteiger partial charge < -0.3 is 20.4 Å². The second-order valence-corrected chi connectivity index (χ2v) is 11.4. The molecular formula is C22H29N7O5S. The number of β-amino-alcohol motifs (C(OH)–C–C–N with tert-alkyl or cyclic N) is 1. The van der Waals surface area contributed by atoms with Crippen LogP contribution >= 0.6 is 0 Å². The van der Waals surface area contributed by atoms with Crippen LogP contribution in [-0.2, 0) is 10.0 Å². The smallest absolute Gasteiger partial charge is 0.327 e. The highest BCUT2D eigenvalue weighted by molar-refractivity contribution is 7.89. The van der Waals surface area contributed by atoms with Crippen LogP contribution in [0.15, 0.2) is 34.1 Å². The number of nitrogens with one attached hydrogen (secondary N) is 3. The van der Waals surface area contributed by atoms with Crippen molar-refractivity contribution in [1.82, 2.24) is 28.8 Å². The molecule has 12 nitrogen and oxygen atoms in total. The van der Waals surface area contributed by atoms with Gasteiger partial charge in [0.25, 0.3) is 5.56 Å². The molecule has 3 aromatic heterocycles. The topological polar surface area (TPSA) is 166 Å². The lowest BCUT2D eigenvalue weighted by molar-refractivity contribution is 0.107. The number of pyridine rings is 1. The first-order valence-corrected chi connectivity index (χ1v) is 13.5. The third-order valence-corrected chi connectivity index (χ3v) is 8.91. The summed E-state index contributed by atoms with van der Waals surface area (Å²) in [5.74, 6) is 0.273. The number of aliphatic hydroxyl groups is 1. The molecule has 2 fully saturated rings. The van der Waals surface area contributed by atoms with E-state index in [4.69, 9.17) is 0 Å². The Labute approximate surface area is 201 Å². The zero-order valence-corrected chi connectivity index (χ0v) is 20.0. The van der Waals surface area contributed by atoms with Gasteiger partial charge in [-0.1, -0.05) is 0 Å². The lowest BCUT2D eigenvalue weighted by Gasteiger charge is -2.33. The predicted molar refractivity (Wildman–Crippen MR) is 130 cm³/mol. The minimum Gasteiger partial charge on any atom is -0.392 e. The Morgan fingerprint density at radius 2 is 1.97 bits per heavy atom. The van der Waals surface area contributed by atoms with Gasteiger partial charge in [0, 0.05) is 25.3 Å². The number of aromatic nitrogens is 5. The molecule has 4 N–H and O–H groups in total. The van der Waals surface area contributed by atoms with E-state index < -0.39 is 16.1 Å². The van der Waals surface area contributed by atoms with Crippen molar-refractivity contribution in [2.24, 2.45) is 5.92 Å². The average molecular weight is 504 g/mol. The van der Waals surface area contributed by atoms with Crippen molar-refractivity contribution >= 4 is 32.8 Å². The SMILES string of the molecule is O=c1[nH]cccc1Nc1ncc2[nH]c(=O)n([C@H]3CC[C@H](CS(=O)(=O)N4CCCC(O)C4)CC3)c2n1. The van der Waals surface area contributed by atoms with Gasteiger partial charge in [-0.2, -0.15) is 9.29 Å². The number of fused-ring (bicyclic) bond motifs is 1. The molecule has 4 heterocycles. The van der Waals surface area contributed by atoms with Crippen molar-refractivity contribution in [2.75, 3.05) is 24.2 Å². The summed E-state index contributed by atoms with van der Waals surface area (Å²) in [6, 6.07) is 3.17. The van der Waals surface area contributed by atoms with Crippen LogP contribution in [0.25, 0.3) is 11.2 Å². The van der Waals surface area contributed by atoms with Gasteiger partial charge in [0.1, 0.15) is 11.2 Å². The predicted octanol–water partition coefficient (Wildman–Crippen LogP) is 1.07. The van der Waals surface area contributed by atoms with E-state index in [9.17, 15) is 23.1 Å². The van der Waals surface area contributed by atoms with Crippen LogP contribution in [0.3, 0.4) is 0 Å². The number of imidazole rings is 1. The van der Waals surface area contributed by atoms with Gasteiger partial charge in [-0.25, -0.2) is 18.2 Å². The molecule has 1 atom stereocenters. The number of hydrogen-bond donors (Lipinski definition) is 4. The molecular weight excluding hydrogens is 474 g/mol. The molecule has 1 unspecified atom stereocenters. The van der Waals surface area contributed by atoms with E-state index in [0.29, 0.717) is 61.9 Å². The largest absolute Gasteiger partial charge is 0.392 e. The molecule has 188 valence electrons. The van der Waals surface area contributed by atoms with Gasteiger partial charge in [-0.05, 0) is 56.6 Å². The van der Waals surface area contributed by atoms with Crippen molar-refractivity contribution in [2.45, 2.75) is 50.7 Å². The van der Waals surface area contributed by atoms with Crippen LogP contribution in [0, 0.1) is 5.92 Å². The first-order valence-electron chi connectivity index (χ1n) is 11.9. The molecule has 0 bridgehead atoms. The van der Waals surface area contributed by atoms with Gasteiger partial charge >= 0.3 is 5.69 Å². The number of nitrogens with zero attached hydrogens (tertiary/aromatic N) is 4. The molecule has 5 rings (SSSR count). The van der Waals surface area contributed by atoms with E-state index in [-0.39, 0.29) is 41.5 Å². The second-order valence-electron chi connectivity index (χ2n) is 9.38. The van der Waals surface area contributed by atoms with E-state index in [2.05, 4.69) is 25.3 Å². The van der Waals surface area contributed by atoms with E-state index >= 15 is 0 Å². The molecule has 1 aliphatic heterocycles. The number of rotatable bonds is 6. The molecule has 1 aliphatic carbocycles. The summed E-state index contributed by atoms with van der Waals surface area (Å²) in [5, 5.41) is 12.7. The van der Waals surface area contributed by atoms with Gasteiger partial charge in [-0.3, -0.25) is 9.36 Å². The summed E-state index contributed by atoms with van der Waals surface area (Å²) >= 11 is 0. The highest BCUT2D eigenvalue weighted by Gasteiger charge is 2.33. The molecule has 0 aromatic carbocycles. The van der Waals surface area contributed by atoms with E-state index in [1.54, 1.807) is 16.7 Å². The van der Waals surface area contributed by atoms with E-state index in [1.807, 2.05) is 0 Å². The fourth-order valence-electron chi connectivity index (χ4n) is 5.10. The Morgan fingerprint density at radius 1 is 1.17 bits per heavy atom. The molecule has 1 saturated heterocycles. The third-order valence-electron chi connectivity index (χ3n) is 6.90. The van der Waals surface area contributed by atoms with Crippen molar-refractivity contribution < 1.29 is 13.5 Å². The Hall–Kier alpha value is -3.03. The molecule has 35 heavy (non-hydrogen) atoms. The van der Waals surface area contributed by atoms with Crippen LogP contribution in [0.1, 0.15) is 44.6 Å². The summed E-state index contributed by atoms with van der Waals surface area (Å²) < 4.78 is 28.7. The maximum Gasteiger partial charge on any atom is 0.327 e. The number of hydrogen-bond acceptors (Lipinski definition) is 8. The number of anilines is 2. The monoisotopic (exact) mass is 503 g/mol. The number of aliphatic hydroxyl groups excluding tert-OH is 1. The average Bonchev–Trinajstić information content (AvgIpc) is 3.16. The van der Waals surface area contributed by atoms with E-state index in [1.165, 1.54) is 16.7 Å². The lowest BCUT2D eigenvalue weighted by atomic mass is 9.87. The van der Waals surface area contributed by atoms with Crippen LogP contribution in [0.2, 0.25) is 0 Å². The maximum atomic E-state index is 12.9. The fourth-order valence-corrected chi connectivity index (χ4v) is 7.05. The highest BCUT2D eigenvalue weighted by Crippen LogP contribution is 2.34. The van der Waals surface area contributed by atoms with Gasteiger partial charge in [0.15, 0.2) is 5.65 Å². The molecule has 0 amide bonds. The Kier molecular flexibility index (Phi) is 6.47. The second kappa shape index (κ2) is 9.55. The Balaban J connectivity index is 1.30. The first kappa shape index (κ1) is 23.7. The lowest BCUT2D eigenvalue weighted by Crippen LogP contribution is -2.44. The third kappa shape index (κ3) is 5.02. The van der Waals surface area contributed by atoms with Crippen molar-refractivity contribution in [3.05, 3.63) is 45.4 Å². The summed E-state index contributed by atoms with van der Waals surface area (Å²) in [5.41, 5.74) is 0.630. The van der Waals surface area contributed by atoms with Gasteiger partial charge in [-0.15, -0.1) is 0 Å². The molecule has 0 spiro atoms. The van der Waals surface area contributed by atoms with Crippen LogP contribution in [-0.4, -0.2) is 67.3 Å². The first-order chi connectivity index (χ1) is 16.8. The zero-order chi connectivity index (χ0) is 24.6. The summed E-state index contributed by atoms with van der Waals surface area (Å²) in [7, 11) is -3.43. The molecule has 2 aliphatic rings. The standard InChI is InChI=1S/C22H29N7O5S/c30-16-3-2-10-28(12-16)35(33,34)13-14-5-7-15(8-6-14)29-19-18(26-22(29)32)11-24-21(27-19)25-17-4-1-9-23-20(17)31/h1,4,9,11,14-16,30H,2-3,5-8,10,12-13H2,(H,23,31)(H,26,32)(H,24,25,27)/t14-,15-,16?. The number of piperidine rings is 1. The van der Waals surface area contributed by atoms with Gasteiger partial charge in [0.05, 0.1) is 18.1 Å². The van der Waals surface area contributed by atoms with Crippen molar-refractivity contribution in [1.29, 1.82) is 0 Å². The van der Waals surface area contributed by atoms with Crippen LogP contribution < -0.4 is 16.6 Å². The van der Waals surface area contributed by atoms with Crippen molar-refractivity contribution in [3.63, 3.8) is 0 Å². The molecule has 1 saturated carbocycles. The molecule has 0 radical (unpaired) electrons. The summed E-state index contributed by atoms with van der Waals surface area (Å²) in [6.45, 7) is 0.637. The number of sulfonamides is 1. The molecule has 3 aromatic rings. The number of aromatic amines is 2. The number of H-pyrrole nitrogens is 2. The maximum absolute atomic E-state index is 12.9. The van der Waals surface area contributed by atoms with Gasteiger partial charge in [0.2, 0.25) is 16.0 Å². The van der Waals surface area contributed by atoms with Crippen LogP contribution in [0.5, 0.6) is 0 Å². The summed E-state index contributed by atoms with van der Waals surface area (Å²) in [4.78, 5) is 38.7. The quantitative estimate of drug-likeness (QED) is 0.388. The highest BCUT2D eigenvalue weighted by atomic mass is 32.2. The van der Waals surface area contributed by atoms with Crippen LogP contribution in [0.4, 0.5) is 11.6 Å². The normalized spacial score (nSPS) is 24.0. The Morgan fingerprint density at radius 3 is 2.71 bits per heavy atom. The fraction of sp³-hybridized carbons (Fsp3) is 0.545. The van der Waals surface area contributed by atoms with E-state index in [0.717, 1.165) is 0 Å². The molecule has 13 heteroatoms. The Bertz CT molecular complexity index is 1420. The minimum absolute atomic E-state index is 0.00730. The summed E-state index contributed by atoms with van der Waals surface area (Å²) in [6.07, 6.45) is 6.41. The van der Waals surface area contributed by atoms with Crippen molar-refractivity contribution in [3.8, 4) is 0 Å². The minimum atomic E-state index is -3.43. The zero-order valence-electron chi connectivity index (χ0n) is 19.2.